The maximum atomic E-state index is 11.4. The highest BCUT2D eigenvalue weighted by molar-refractivity contribution is 5.88. The summed E-state index contributed by atoms with van der Waals surface area (Å²) in [6.07, 6.45) is 3.89. The number of carbonyl (C=O) groups excluding carboxylic acids is 1. The summed E-state index contributed by atoms with van der Waals surface area (Å²) in [7, 11) is 3.18. The molecule has 0 aliphatic heterocycles. The lowest BCUT2D eigenvalue weighted by molar-refractivity contribution is 0.0590. The predicted octanol–water partition coefficient (Wildman–Crippen LogP) is 0.836. The number of hydrogen-bond donors (Lipinski definition) is 1. The van der Waals surface area contributed by atoms with Crippen molar-refractivity contribution in [1.29, 1.82) is 0 Å². The standard InChI is InChI=1S/C11H15NO3/c1-12-6-8(11(7-13)3-4-11)5-9(12)10(14)15-2/h5-6,13H,3-4,7H2,1-2H3. The molecule has 15 heavy (non-hydrogen) atoms. The fraction of sp³-hybridized carbons (Fsp3) is 0.545. The quantitative estimate of drug-likeness (QED) is 0.750. The lowest BCUT2D eigenvalue weighted by Crippen LogP contribution is -2.10. The molecule has 2 rings (SSSR count). The molecular weight excluding hydrogens is 194 g/mol. The van der Waals surface area contributed by atoms with Crippen molar-refractivity contribution in [3.8, 4) is 0 Å². The van der Waals surface area contributed by atoms with Crippen molar-refractivity contribution in [3.05, 3.63) is 23.5 Å². The van der Waals surface area contributed by atoms with E-state index in [0.717, 1.165) is 18.4 Å². The van der Waals surface area contributed by atoms with Crippen LogP contribution in [0.2, 0.25) is 0 Å². The van der Waals surface area contributed by atoms with Crippen LogP contribution in [0.4, 0.5) is 0 Å². The lowest BCUT2D eigenvalue weighted by Gasteiger charge is -2.07. The zero-order chi connectivity index (χ0) is 11.1. The second-order valence-corrected chi connectivity index (χ2v) is 4.15. The number of ether oxygens (including phenoxy) is 1. The van der Waals surface area contributed by atoms with Crippen LogP contribution in [0.25, 0.3) is 0 Å². The van der Waals surface area contributed by atoms with Crippen molar-refractivity contribution < 1.29 is 14.6 Å². The molecule has 4 heteroatoms. The Morgan fingerprint density at radius 3 is 2.80 bits per heavy atom. The van der Waals surface area contributed by atoms with E-state index < -0.39 is 0 Å². The summed E-state index contributed by atoms with van der Waals surface area (Å²) in [5.41, 5.74) is 1.48. The zero-order valence-electron chi connectivity index (χ0n) is 8.99. The van der Waals surface area contributed by atoms with Gasteiger partial charge in [-0.2, -0.15) is 0 Å². The third kappa shape index (κ3) is 1.55. The van der Waals surface area contributed by atoms with E-state index in [-0.39, 0.29) is 18.0 Å². The summed E-state index contributed by atoms with van der Waals surface area (Å²) in [5, 5.41) is 9.28. The molecule has 1 aliphatic carbocycles. The van der Waals surface area contributed by atoms with Crippen LogP contribution in [0.5, 0.6) is 0 Å². The average molecular weight is 209 g/mol. The van der Waals surface area contributed by atoms with Crippen LogP contribution in [0, 0.1) is 0 Å². The van der Waals surface area contributed by atoms with E-state index in [0.29, 0.717) is 5.69 Å². The first-order chi connectivity index (χ1) is 7.13. The Labute approximate surface area is 88.5 Å². The van der Waals surface area contributed by atoms with Gasteiger partial charge in [0.05, 0.1) is 13.7 Å². The van der Waals surface area contributed by atoms with Crippen LogP contribution in [0.15, 0.2) is 12.3 Å². The van der Waals surface area contributed by atoms with Gasteiger partial charge in [-0.05, 0) is 24.5 Å². The Hall–Kier alpha value is -1.29. The van der Waals surface area contributed by atoms with Gasteiger partial charge in [-0.3, -0.25) is 0 Å². The van der Waals surface area contributed by atoms with E-state index in [1.165, 1.54) is 7.11 Å². The van der Waals surface area contributed by atoms with E-state index in [2.05, 4.69) is 4.74 Å². The third-order valence-electron chi connectivity index (χ3n) is 3.17. The summed E-state index contributed by atoms with van der Waals surface area (Å²) >= 11 is 0. The Morgan fingerprint density at radius 2 is 2.33 bits per heavy atom. The maximum absolute atomic E-state index is 11.4. The van der Waals surface area contributed by atoms with Gasteiger partial charge in [0, 0.05) is 18.7 Å². The first kappa shape index (κ1) is 10.2. The maximum Gasteiger partial charge on any atom is 0.354 e. The molecule has 1 heterocycles. The van der Waals surface area contributed by atoms with Gasteiger partial charge in [-0.1, -0.05) is 0 Å². The Kier molecular flexibility index (Phi) is 2.31. The number of carbonyl (C=O) groups is 1. The number of esters is 1. The molecule has 1 fully saturated rings. The van der Waals surface area contributed by atoms with Gasteiger partial charge in [0.15, 0.2) is 0 Å². The van der Waals surface area contributed by atoms with E-state index in [9.17, 15) is 9.90 Å². The predicted molar refractivity (Wildman–Crippen MR) is 54.8 cm³/mol. The van der Waals surface area contributed by atoms with E-state index in [4.69, 9.17) is 0 Å². The topological polar surface area (TPSA) is 51.5 Å². The molecule has 82 valence electrons. The fourth-order valence-electron chi connectivity index (χ4n) is 1.85. The highest BCUT2D eigenvalue weighted by atomic mass is 16.5. The van der Waals surface area contributed by atoms with Gasteiger partial charge in [0.25, 0.3) is 0 Å². The van der Waals surface area contributed by atoms with Gasteiger partial charge in [0.2, 0.25) is 0 Å². The van der Waals surface area contributed by atoms with Crippen molar-refractivity contribution in [2.24, 2.45) is 7.05 Å². The minimum Gasteiger partial charge on any atom is -0.464 e. The summed E-state index contributed by atoms with van der Waals surface area (Å²) in [6, 6.07) is 1.81. The monoisotopic (exact) mass is 209 g/mol. The molecule has 0 bridgehead atoms. The minimum absolute atomic E-state index is 0.0932. The molecule has 0 aromatic carbocycles. The van der Waals surface area contributed by atoms with Crippen LogP contribution in [0.3, 0.4) is 0 Å². The van der Waals surface area contributed by atoms with Crippen LogP contribution < -0.4 is 0 Å². The van der Waals surface area contributed by atoms with E-state index in [1.54, 1.807) is 4.57 Å². The van der Waals surface area contributed by atoms with Crippen molar-refractivity contribution in [3.63, 3.8) is 0 Å². The third-order valence-corrected chi connectivity index (χ3v) is 3.17. The van der Waals surface area contributed by atoms with Gasteiger partial charge in [-0.15, -0.1) is 0 Å². The molecule has 1 N–H and O–H groups in total. The average Bonchev–Trinajstić information content (AvgIpc) is 2.96. The number of methoxy groups -OCH3 is 1. The summed E-state index contributed by atoms with van der Waals surface area (Å²) in [4.78, 5) is 11.4. The smallest absolute Gasteiger partial charge is 0.354 e. The molecule has 0 spiro atoms. The normalized spacial score (nSPS) is 17.5. The Morgan fingerprint density at radius 1 is 1.67 bits per heavy atom. The highest BCUT2D eigenvalue weighted by Gasteiger charge is 2.44. The SMILES string of the molecule is COC(=O)c1cc(C2(CO)CC2)cn1C. The minimum atomic E-state index is -0.336. The second kappa shape index (κ2) is 3.38. The molecule has 1 aromatic rings. The molecule has 0 unspecified atom stereocenters. The number of nitrogens with zero attached hydrogens (tertiary/aromatic N) is 1. The number of aromatic nitrogens is 1. The van der Waals surface area contributed by atoms with Crippen molar-refractivity contribution >= 4 is 5.97 Å². The van der Waals surface area contributed by atoms with Gasteiger partial charge < -0.3 is 14.4 Å². The van der Waals surface area contributed by atoms with Crippen LogP contribution in [-0.2, 0) is 17.2 Å². The number of rotatable bonds is 3. The Bertz CT molecular complexity index is 391. The summed E-state index contributed by atoms with van der Waals surface area (Å²) in [5.74, 6) is -0.336. The number of hydrogen-bond acceptors (Lipinski definition) is 3. The van der Waals surface area contributed by atoms with Crippen molar-refractivity contribution in [2.75, 3.05) is 13.7 Å². The lowest BCUT2D eigenvalue weighted by atomic mass is 10.0. The molecule has 0 atom stereocenters. The number of aryl methyl sites for hydroxylation is 1. The molecule has 1 aliphatic rings. The van der Waals surface area contributed by atoms with E-state index >= 15 is 0 Å². The molecule has 4 nitrogen and oxygen atoms in total. The summed E-state index contributed by atoms with van der Waals surface area (Å²) < 4.78 is 6.42. The van der Waals surface area contributed by atoms with Crippen LogP contribution >= 0.6 is 0 Å². The Balaban J connectivity index is 2.33. The molecule has 0 amide bonds. The highest BCUT2D eigenvalue weighted by Crippen LogP contribution is 2.48. The first-order valence-corrected chi connectivity index (χ1v) is 4.99. The van der Waals surface area contributed by atoms with Gasteiger partial charge in [-0.25, -0.2) is 4.79 Å². The van der Waals surface area contributed by atoms with Crippen LogP contribution in [-0.4, -0.2) is 29.4 Å². The molecule has 0 saturated heterocycles. The number of aliphatic hydroxyl groups is 1. The zero-order valence-corrected chi connectivity index (χ0v) is 8.99. The molecule has 1 saturated carbocycles. The molecule has 1 aromatic heterocycles. The number of aliphatic hydroxyl groups excluding tert-OH is 1. The van der Waals surface area contributed by atoms with E-state index in [1.807, 2.05) is 19.3 Å². The van der Waals surface area contributed by atoms with Gasteiger partial charge >= 0.3 is 5.97 Å². The van der Waals surface area contributed by atoms with Crippen molar-refractivity contribution in [2.45, 2.75) is 18.3 Å². The van der Waals surface area contributed by atoms with Crippen LogP contribution in [0.1, 0.15) is 28.9 Å². The molecule has 0 radical (unpaired) electrons. The molecular formula is C11H15NO3. The van der Waals surface area contributed by atoms with Gasteiger partial charge in [0.1, 0.15) is 5.69 Å². The fourth-order valence-corrected chi connectivity index (χ4v) is 1.85. The largest absolute Gasteiger partial charge is 0.464 e. The summed E-state index contributed by atoms with van der Waals surface area (Å²) in [6.45, 7) is 0.150. The second-order valence-electron chi connectivity index (χ2n) is 4.15. The first-order valence-electron chi connectivity index (χ1n) is 4.99. The van der Waals surface area contributed by atoms with Crippen molar-refractivity contribution in [1.82, 2.24) is 4.57 Å².